The van der Waals surface area contributed by atoms with Crippen LogP contribution in [0.4, 0.5) is 4.39 Å². The highest BCUT2D eigenvalue weighted by Crippen LogP contribution is 2.14. The van der Waals surface area contributed by atoms with Gasteiger partial charge in [-0.2, -0.15) is 11.8 Å². The fraction of sp³-hybridized carbons (Fsp3) is 0.455. The minimum Gasteiger partial charge on any atom is -0.309 e. The van der Waals surface area contributed by atoms with Crippen molar-refractivity contribution in [1.29, 1.82) is 0 Å². The summed E-state index contributed by atoms with van der Waals surface area (Å²) in [7, 11) is 0. The minimum absolute atomic E-state index is 0.281. The zero-order valence-corrected chi connectivity index (χ0v) is 10.5. The monoisotopic (exact) mass is 247 g/mol. The van der Waals surface area contributed by atoms with Crippen LogP contribution in [0.15, 0.2) is 18.2 Å². The smallest absolute Gasteiger partial charge is 0.125 e. The number of halogens is 2. The van der Waals surface area contributed by atoms with Gasteiger partial charge in [-0.25, -0.2) is 4.39 Å². The molecular weight excluding hydrogens is 233 g/mol. The molecule has 1 aromatic carbocycles. The van der Waals surface area contributed by atoms with Crippen LogP contribution < -0.4 is 5.32 Å². The quantitative estimate of drug-likeness (QED) is 0.857. The second-order valence-electron chi connectivity index (χ2n) is 3.51. The first-order valence-corrected chi connectivity index (χ1v) is 6.56. The average molecular weight is 248 g/mol. The highest BCUT2D eigenvalue weighted by molar-refractivity contribution is 7.98. The average Bonchev–Trinajstić information content (AvgIpc) is 2.14. The van der Waals surface area contributed by atoms with Gasteiger partial charge in [-0.15, -0.1) is 0 Å². The van der Waals surface area contributed by atoms with E-state index in [-0.39, 0.29) is 5.82 Å². The Bertz CT molecular complexity index is 299. The van der Waals surface area contributed by atoms with Crippen LogP contribution in [0.2, 0.25) is 5.02 Å². The maximum atomic E-state index is 13.0. The molecule has 0 amide bonds. The molecule has 4 heteroatoms. The number of benzene rings is 1. The fourth-order valence-electron chi connectivity index (χ4n) is 1.31. The van der Waals surface area contributed by atoms with Crippen LogP contribution in [0, 0.1) is 5.82 Å². The van der Waals surface area contributed by atoms with Crippen molar-refractivity contribution < 1.29 is 4.39 Å². The Morgan fingerprint density at radius 1 is 1.47 bits per heavy atom. The SMILES string of the molecule is CSCC(C)NCc1cc(F)cc(Cl)c1. The van der Waals surface area contributed by atoms with E-state index in [2.05, 4.69) is 18.5 Å². The Morgan fingerprint density at radius 2 is 2.20 bits per heavy atom. The molecule has 1 unspecified atom stereocenters. The molecular formula is C11H15ClFNS. The van der Waals surface area contributed by atoms with Gasteiger partial charge in [0.15, 0.2) is 0 Å². The lowest BCUT2D eigenvalue weighted by Crippen LogP contribution is -2.27. The van der Waals surface area contributed by atoms with Crippen molar-refractivity contribution in [3.8, 4) is 0 Å². The van der Waals surface area contributed by atoms with Crippen LogP contribution in [-0.2, 0) is 6.54 Å². The third-order valence-corrected chi connectivity index (χ3v) is 3.05. The van der Waals surface area contributed by atoms with Crippen molar-refractivity contribution in [2.75, 3.05) is 12.0 Å². The van der Waals surface area contributed by atoms with Crippen LogP contribution in [0.3, 0.4) is 0 Å². The van der Waals surface area contributed by atoms with Gasteiger partial charge in [0.25, 0.3) is 0 Å². The number of rotatable bonds is 5. The highest BCUT2D eigenvalue weighted by Gasteiger charge is 2.02. The molecule has 0 aliphatic heterocycles. The van der Waals surface area contributed by atoms with Crippen molar-refractivity contribution in [2.45, 2.75) is 19.5 Å². The molecule has 0 saturated carbocycles. The summed E-state index contributed by atoms with van der Waals surface area (Å²) in [6, 6.07) is 5.02. The Hall–Kier alpha value is -0.250. The summed E-state index contributed by atoms with van der Waals surface area (Å²) < 4.78 is 13.0. The van der Waals surface area contributed by atoms with Crippen LogP contribution in [0.1, 0.15) is 12.5 Å². The number of nitrogens with one attached hydrogen (secondary N) is 1. The standard InChI is InChI=1S/C11H15ClFNS/c1-8(7-15-2)14-6-9-3-10(12)5-11(13)4-9/h3-5,8,14H,6-7H2,1-2H3. The van der Waals surface area contributed by atoms with Crippen molar-refractivity contribution >= 4 is 23.4 Å². The van der Waals surface area contributed by atoms with E-state index in [1.165, 1.54) is 12.1 Å². The van der Waals surface area contributed by atoms with Gasteiger partial charge < -0.3 is 5.32 Å². The van der Waals surface area contributed by atoms with Crippen LogP contribution in [0.25, 0.3) is 0 Å². The van der Waals surface area contributed by atoms with Crippen molar-refractivity contribution in [1.82, 2.24) is 5.32 Å². The second kappa shape index (κ2) is 6.36. The molecule has 0 bridgehead atoms. The fourth-order valence-corrected chi connectivity index (χ4v) is 2.18. The van der Waals surface area contributed by atoms with Gasteiger partial charge in [-0.3, -0.25) is 0 Å². The number of thioether (sulfide) groups is 1. The van der Waals surface area contributed by atoms with E-state index < -0.39 is 0 Å². The Morgan fingerprint density at radius 3 is 2.80 bits per heavy atom. The molecule has 1 N–H and O–H groups in total. The van der Waals surface area contributed by atoms with Gasteiger partial charge >= 0.3 is 0 Å². The lowest BCUT2D eigenvalue weighted by Gasteiger charge is -2.12. The molecule has 1 atom stereocenters. The zero-order chi connectivity index (χ0) is 11.3. The predicted molar refractivity (Wildman–Crippen MR) is 66.1 cm³/mol. The van der Waals surface area contributed by atoms with Crippen LogP contribution in [0.5, 0.6) is 0 Å². The molecule has 84 valence electrons. The van der Waals surface area contributed by atoms with E-state index >= 15 is 0 Å². The van der Waals surface area contributed by atoms with E-state index in [0.717, 1.165) is 11.3 Å². The van der Waals surface area contributed by atoms with Crippen LogP contribution >= 0.6 is 23.4 Å². The van der Waals surface area contributed by atoms with E-state index in [1.54, 1.807) is 17.8 Å². The lowest BCUT2D eigenvalue weighted by molar-refractivity contribution is 0.587. The molecule has 0 spiro atoms. The Balaban J connectivity index is 2.50. The first kappa shape index (κ1) is 12.8. The molecule has 15 heavy (non-hydrogen) atoms. The van der Waals surface area contributed by atoms with Gasteiger partial charge in [-0.1, -0.05) is 11.6 Å². The zero-order valence-electron chi connectivity index (χ0n) is 8.89. The molecule has 1 nitrogen and oxygen atoms in total. The summed E-state index contributed by atoms with van der Waals surface area (Å²) in [6.45, 7) is 2.76. The van der Waals surface area contributed by atoms with E-state index in [9.17, 15) is 4.39 Å². The largest absolute Gasteiger partial charge is 0.309 e. The number of hydrogen-bond acceptors (Lipinski definition) is 2. The van der Waals surface area contributed by atoms with E-state index in [4.69, 9.17) is 11.6 Å². The molecule has 0 saturated heterocycles. The maximum Gasteiger partial charge on any atom is 0.125 e. The third-order valence-electron chi connectivity index (χ3n) is 1.99. The van der Waals surface area contributed by atoms with Gasteiger partial charge in [-0.05, 0) is 36.9 Å². The second-order valence-corrected chi connectivity index (χ2v) is 4.86. The summed E-state index contributed by atoms with van der Waals surface area (Å²) in [5.74, 6) is 0.764. The normalized spacial score (nSPS) is 12.8. The molecule has 1 rings (SSSR count). The van der Waals surface area contributed by atoms with Gasteiger partial charge in [0.1, 0.15) is 5.82 Å². The van der Waals surface area contributed by atoms with Gasteiger partial charge in [0, 0.05) is 23.4 Å². The summed E-state index contributed by atoms with van der Waals surface area (Å²) in [4.78, 5) is 0. The summed E-state index contributed by atoms with van der Waals surface area (Å²) >= 11 is 7.54. The lowest BCUT2D eigenvalue weighted by atomic mass is 10.2. The number of hydrogen-bond donors (Lipinski definition) is 1. The van der Waals surface area contributed by atoms with Crippen molar-refractivity contribution in [2.24, 2.45) is 0 Å². The summed E-state index contributed by atoms with van der Waals surface area (Å²) in [6.07, 6.45) is 2.07. The molecule has 1 aromatic rings. The molecule has 0 heterocycles. The Kier molecular flexibility index (Phi) is 5.43. The summed E-state index contributed by atoms with van der Waals surface area (Å²) in [5.41, 5.74) is 0.882. The van der Waals surface area contributed by atoms with Crippen molar-refractivity contribution in [3.05, 3.63) is 34.6 Å². The van der Waals surface area contributed by atoms with Crippen molar-refractivity contribution in [3.63, 3.8) is 0 Å². The highest BCUT2D eigenvalue weighted by atomic mass is 35.5. The predicted octanol–water partition coefficient (Wildman–Crippen LogP) is 3.32. The molecule has 0 radical (unpaired) electrons. The van der Waals surface area contributed by atoms with E-state index in [1.807, 2.05) is 0 Å². The van der Waals surface area contributed by atoms with Crippen LogP contribution in [-0.4, -0.2) is 18.1 Å². The minimum atomic E-state index is -0.281. The Labute approximate surface area is 99.4 Å². The van der Waals surface area contributed by atoms with E-state index in [0.29, 0.717) is 17.6 Å². The maximum absolute atomic E-state index is 13.0. The first-order valence-electron chi connectivity index (χ1n) is 4.79. The molecule has 0 fully saturated rings. The molecule has 0 aliphatic rings. The first-order chi connectivity index (χ1) is 7.11. The summed E-state index contributed by atoms with van der Waals surface area (Å²) in [5, 5.41) is 3.76. The topological polar surface area (TPSA) is 12.0 Å². The molecule has 0 aliphatic carbocycles. The van der Waals surface area contributed by atoms with Gasteiger partial charge in [0.2, 0.25) is 0 Å². The third kappa shape index (κ3) is 4.87. The molecule has 0 aromatic heterocycles. The van der Waals surface area contributed by atoms with Gasteiger partial charge in [0.05, 0.1) is 0 Å².